The lowest BCUT2D eigenvalue weighted by Crippen LogP contribution is -2.44. The topological polar surface area (TPSA) is 85.4 Å². The number of hydrogen-bond donors (Lipinski definition) is 0. The summed E-state index contributed by atoms with van der Waals surface area (Å²) in [5.74, 6) is 0.315. The van der Waals surface area contributed by atoms with Crippen LogP contribution in [0.2, 0.25) is 0 Å². The van der Waals surface area contributed by atoms with Crippen LogP contribution in [0.4, 0.5) is 4.79 Å². The molecular formula is C33H38N2O6. The first-order chi connectivity index (χ1) is 19.7. The summed E-state index contributed by atoms with van der Waals surface area (Å²) in [5, 5.41) is 0. The Morgan fingerprint density at radius 3 is 2.02 bits per heavy atom. The van der Waals surface area contributed by atoms with Gasteiger partial charge in [-0.3, -0.25) is 14.6 Å². The number of hydrogen-bond acceptors (Lipinski definition) is 7. The maximum atomic E-state index is 13.3. The largest absolute Gasteiger partial charge is 0.489 e. The van der Waals surface area contributed by atoms with Crippen molar-refractivity contribution >= 4 is 18.3 Å². The van der Waals surface area contributed by atoms with Gasteiger partial charge in [0.1, 0.15) is 30.9 Å². The second kappa shape index (κ2) is 13.9. The fourth-order valence-corrected chi connectivity index (χ4v) is 4.84. The molecule has 1 aliphatic heterocycles. The zero-order chi connectivity index (χ0) is 29.2. The normalized spacial score (nSPS) is 17.2. The van der Waals surface area contributed by atoms with E-state index < -0.39 is 17.7 Å². The molecule has 0 spiro atoms. The fraction of sp³-hybridized carbons (Fsp3) is 0.364. The van der Waals surface area contributed by atoms with Crippen molar-refractivity contribution in [2.45, 2.75) is 64.5 Å². The Balaban J connectivity index is 1.46. The van der Waals surface area contributed by atoms with Gasteiger partial charge in [0.15, 0.2) is 0 Å². The maximum absolute atomic E-state index is 13.3. The zero-order valence-corrected chi connectivity index (χ0v) is 23.9. The number of esters is 1. The van der Waals surface area contributed by atoms with Crippen molar-refractivity contribution in [2.24, 2.45) is 0 Å². The van der Waals surface area contributed by atoms with Crippen LogP contribution in [0.5, 0.6) is 5.75 Å². The Morgan fingerprint density at radius 1 is 0.829 bits per heavy atom. The minimum Gasteiger partial charge on any atom is -0.489 e. The van der Waals surface area contributed by atoms with Crippen LogP contribution >= 0.6 is 0 Å². The number of rotatable bonds is 11. The number of ether oxygens (including phenoxy) is 3. The highest BCUT2D eigenvalue weighted by molar-refractivity contribution is 5.73. The van der Waals surface area contributed by atoms with Crippen LogP contribution in [0.3, 0.4) is 0 Å². The SMILES string of the molecule is CC(C)(C)OC(=O)N1CN(CC(=O)OCc2ccccc2)[C@H](CC=O)[C@@H]1Cc1ccc(OCc2ccccc2)cc1. The molecule has 0 radical (unpaired) electrons. The van der Waals surface area contributed by atoms with Crippen LogP contribution in [0, 0.1) is 0 Å². The van der Waals surface area contributed by atoms with E-state index in [4.69, 9.17) is 14.2 Å². The molecule has 2 atom stereocenters. The van der Waals surface area contributed by atoms with E-state index >= 15 is 0 Å². The van der Waals surface area contributed by atoms with E-state index in [9.17, 15) is 14.4 Å². The Hall–Kier alpha value is -4.17. The minimum absolute atomic E-state index is 0.0482. The Labute approximate surface area is 241 Å². The monoisotopic (exact) mass is 558 g/mol. The molecule has 41 heavy (non-hydrogen) atoms. The maximum Gasteiger partial charge on any atom is 0.411 e. The van der Waals surface area contributed by atoms with E-state index in [0.29, 0.717) is 13.0 Å². The average Bonchev–Trinajstić information content (AvgIpc) is 3.28. The molecule has 0 bridgehead atoms. The van der Waals surface area contributed by atoms with Gasteiger partial charge < -0.3 is 19.0 Å². The number of amides is 1. The summed E-state index contributed by atoms with van der Waals surface area (Å²) in [4.78, 5) is 41.3. The highest BCUT2D eigenvalue weighted by Gasteiger charge is 2.44. The molecular weight excluding hydrogens is 520 g/mol. The highest BCUT2D eigenvalue weighted by atomic mass is 16.6. The molecule has 3 aromatic rings. The molecule has 1 aliphatic rings. The number of benzene rings is 3. The molecule has 8 heteroatoms. The molecule has 0 saturated carbocycles. The van der Waals surface area contributed by atoms with Crippen molar-refractivity contribution in [1.82, 2.24) is 9.80 Å². The van der Waals surface area contributed by atoms with Gasteiger partial charge in [0, 0.05) is 12.5 Å². The van der Waals surface area contributed by atoms with E-state index in [0.717, 1.165) is 28.7 Å². The van der Waals surface area contributed by atoms with E-state index in [2.05, 4.69) is 0 Å². The first kappa shape index (κ1) is 29.8. The van der Waals surface area contributed by atoms with Crippen molar-refractivity contribution in [3.63, 3.8) is 0 Å². The van der Waals surface area contributed by atoms with Gasteiger partial charge in [-0.15, -0.1) is 0 Å². The average molecular weight is 559 g/mol. The number of aldehydes is 1. The van der Waals surface area contributed by atoms with Gasteiger partial charge in [-0.1, -0.05) is 72.8 Å². The second-order valence-electron chi connectivity index (χ2n) is 11.1. The Kier molecular flexibility index (Phi) is 10.1. The van der Waals surface area contributed by atoms with E-state index in [1.165, 1.54) is 0 Å². The van der Waals surface area contributed by atoms with E-state index in [-0.39, 0.29) is 38.3 Å². The van der Waals surface area contributed by atoms with Crippen LogP contribution in [0.15, 0.2) is 84.9 Å². The summed E-state index contributed by atoms with van der Waals surface area (Å²) in [6, 6.07) is 26.3. The van der Waals surface area contributed by atoms with Gasteiger partial charge in [0.2, 0.25) is 0 Å². The van der Waals surface area contributed by atoms with Crippen molar-refractivity contribution < 1.29 is 28.6 Å². The molecule has 1 amide bonds. The highest BCUT2D eigenvalue weighted by Crippen LogP contribution is 2.29. The predicted octanol–water partition coefficient (Wildman–Crippen LogP) is 5.39. The molecule has 3 aromatic carbocycles. The molecule has 1 fully saturated rings. The Bertz CT molecular complexity index is 1270. The smallest absolute Gasteiger partial charge is 0.411 e. The molecule has 4 rings (SSSR count). The van der Waals surface area contributed by atoms with Crippen LogP contribution in [-0.4, -0.2) is 59.0 Å². The third kappa shape index (κ3) is 8.91. The van der Waals surface area contributed by atoms with Gasteiger partial charge >= 0.3 is 12.1 Å². The molecule has 0 N–H and O–H groups in total. The Morgan fingerprint density at radius 2 is 1.44 bits per heavy atom. The first-order valence-electron chi connectivity index (χ1n) is 13.8. The fourth-order valence-electron chi connectivity index (χ4n) is 4.84. The summed E-state index contributed by atoms with van der Waals surface area (Å²) in [5.41, 5.74) is 2.24. The molecule has 1 saturated heterocycles. The molecule has 216 valence electrons. The molecule has 1 heterocycles. The van der Waals surface area contributed by atoms with Crippen molar-refractivity contribution in [3.05, 3.63) is 102 Å². The summed E-state index contributed by atoms with van der Waals surface area (Å²) in [6.45, 7) is 6.16. The number of carbonyl (C=O) groups excluding carboxylic acids is 3. The summed E-state index contributed by atoms with van der Waals surface area (Å²) in [6.07, 6.45) is 0.987. The summed E-state index contributed by atoms with van der Waals surface area (Å²) < 4.78 is 17.1. The van der Waals surface area contributed by atoms with Gasteiger partial charge in [-0.25, -0.2) is 4.79 Å². The molecule has 0 unspecified atom stereocenters. The van der Waals surface area contributed by atoms with Crippen molar-refractivity contribution in [2.75, 3.05) is 13.2 Å². The quantitative estimate of drug-likeness (QED) is 0.231. The van der Waals surface area contributed by atoms with Gasteiger partial charge in [-0.05, 0) is 56.0 Å². The lowest BCUT2D eigenvalue weighted by atomic mass is 9.97. The van der Waals surface area contributed by atoms with Crippen LogP contribution < -0.4 is 4.74 Å². The van der Waals surface area contributed by atoms with Crippen molar-refractivity contribution in [1.29, 1.82) is 0 Å². The predicted molar refractivity (Wildman–Crippen MR) is 155 cm³/mol. The zero-order valence-electron chi connectivity index (χ0n) is 23.9. The summed E-state index contributed by atoms with van der Waals surface area (Å²) in [7, 11) is 0. The molecule has 0 aliphatic carbocycles. The van der Waals surface area contributed by atoms with Gasteiger partial charge in [0.05, 0.1) is 19.3 Å². The van der Waals surface area contributed by atoms with E-state index in [1.807, 2.05) is 111 Å². The standard InChI is InChI=1S/C33H38N2O6/c1-33(2,3)41-32(38)35-24-34(21-31(37)40-23-27-12-8-5-9-13-27)29(18-19-36)30(35)20-25-14-16-28(17-15-25)39-22-26-10-6-4-7-11-26/h4-17,19,29-30H,18,20-24H2,1-3H3/t29-,30+/m1/s1. The van der Waals surface area contributed by atoms with Crippen LogP contribution in [-0.2, 0) is 38.7 Å². The molecule has 0 aromatic heterocycles. The lowest BCUT2D eigenvalue weighted by Gasteiger charge is -2.29. The number of nitrogens with zero attached hydrogens (tertiary/aromatic N) is 2. The third-order valence-corrected chi connectivity index (χ3v) is 6.80. The number of carbonyl (C=O) groups is 3. The van der Waals surface area contributed by atoms with Gasteiger partial charge in [0.25, 0.3) is 0 Å². The summed E-state index contributed by atoms with van der Waals surface area (Å²) >= 11 is 0. The van der Waals surface area contributed by atoms with Crippen LogP contribution in [0.25, 0.3) is 0 Å². The van der Waals surface area contributed by atoms with E-state index in [1.54, 1.807) is 4.90 Å². The third-order valence-electron chi connectivity index (χ3n) is 6.80. The lowest BCUT2D eigenvalue weighted by molar-refractivity contribution is -0.146. The second-order valence-corrected chi connectivity index (χ2v) is 11.1. The van der Waals surface area contributed by atoms with Crippen LogP contribution in [0.1, 0.15) is 43.9 Å². The minimum atomic E-state index is -0.693. The van der Waals surface area contributed by atoms with Gasteiger partial charge in [-0.2, -0.15) is 0 Å². The first-order valence-corrected chi connectivity index (χ1v) is 13.8. The van der Waals surface area contributed by atoms with Crippen molar-refractivity contribution in [3.8, 4) is 5.75 Å². The molecule has 8 nitrogen and oxygen atoms in total.